The Kier molecular flexibility index (Phi) is 6.92. The number of nitrogens with zero attached hydrogens (tertiary/aromatic N) is 1. The fourth-order valence-corrected chi connectivity index (χ4v) is 1.70. The third-order valence-electron chi connectivity index (χ3n) is 2.56. The van der Waals surface area contributed by atoms with Crippen molar-refractivity contribution in [3.05, 3.63) is 33.6 Å². The van der Waals surface area contributed by atoms with Gasteiger partial charge in [-0.3, -0.25) is 4.79 Å². The molecule has 1 rings (SSSR count). The molecule has 18 heavy (non-hydrogen) atoms. The molecule has 1 aromatic rings. The Morgan fingerprint density at radius 2 is 2.00 bits per heavy atom. The van der Waals surface area contributed by atoms with Crippen LogP contribution < -0.4 is 5.73 Å². The third kappa shape index (κ3) is 3.72. The van der Waals surface area contributed by atoms with Crippen LogP contribution in [0.4, 0.5) is 4.39 Å². The van der Waals surface area contributed by atoms with Gasteiger partial charge in [0.15, 0.2) is 0 Å². The van der Waals surface area contributed by atoms with Crippen LogP contribution in [0.3, 0.4) is 0 Å². The monoisotopic (exact) mass is 314 g/mol. The number of amides is 1. The van der Waals surface area contributed by atoms with Crippen LogP contribution >= 0.6 is 35.6 Å². The van der Waals surface area contributed by atoms with Crippen LogP contribution in [0.25, 0.3) is 0 Å². The highest BCUT2D eigenvalue weighted by Crippen LogP contribution is 2.25. The number of likely N-dealkylation sites (N-methyl/N-ethyl adjacent to an activating group) is 1. The summed E-state index contributed by atoms with van der Waals surface area (Å²) >= 11 is 11.4. The number of carbonyl (C=O) groups excluding carboxylic acids is 1. The molecule has 1 amide bonds. The van der Waals surface area contributed by atoms with Crippen molar-refractivity contribution in [3.8, 4) is 0 Å². The van der Waals surface area contributed by atoms with Crippen molar-refractivity contribution >= 4 is 41.5 Å². The predicted octanol–water partition coefficient (Wildman–Crippen LogP) is 2.97. The van der Waals surface area contributed by atoms with Gasteiger partial charge in [0.25, 0.3) is 5.91 Å². The van der Waals surface area contributed by atoms with Crippen LogP contribution in [0.1, 0.15) is 17.3 Å². The van der Waals surface area contributed by atoms with Crippen molar-refractivity contribution in [2.45, 2.75) is 13.0 Å². The van der Waals surface area contributed by atoms with E-state index in [0.29, 0.717) is 6.54 Å². The summed E-state index contributed by atoms with van der Waals surface area (Å²) in [6.45, 7) is 2.11. The molecule has 0 aliphatic heterocycles. The van der Waals surface area contributed by atoms with Gasteiger partial charge in [-0.15, -0.1) is 12.4 Å². The van der Waals surface area contributed by atoms with Crippen molar-refractivity contribution < 1.29 is 9.18 Å². The lowest BCUT2D eigenvalue weighted by atomic mass is 10.1. The van der Waals surface area contributed by atoms with Gasteiger partial charge in [-0.05, 0) is 19.1 Å². The average molecular weight is 316 g/mol. The number of hydrogen-bond donors (Lipinski definition) is 1. The number of nitrogens with two attached hydrogens (primary N) is 1. The molecule has 0 heterocycles. The molecule has 0 aromatic heterocycles. The third-order valence-corrected chi connectivity index (χ3v) is 3.17. The van der Waals surface area contributed by atoms with Crippen LogP contribution in [0, 0.1) is 5.82 Å². The summed E-state index contributed by atoms with van der Waals surface area (Å²) < 4.78 is 13.3. The Morgan fingerprint density at radius 3 is 2.50 bits per heavy atom. The highest BCUT2D eigenvalue weighted by atomic mass is 35.5. The van der Waals surface area contributed by atoms with Gasteiger partial charge in [0.1, 0.15) is 5.82 Å². The topological polar surface area (TPSA) is 46.3 Å². The van der Waals surface area contributed by atoms with Crippen LogP contribution in [0.5, 0.6) is 0 Å². The quantitative estimate of drug-likeness (QED) is 0.872. The van der Waals surface area contributed by atoms with Gasteiger partial charge in [0, 0.05) is 19.6 Å². The highest BCUT2D eigenvalue weighted by Gasteiger charge is 2.20. The van der Waals surface area contributed by atoms with E-state index in [1.165, 1.54) is 11.0 Å². The second kappa shape index (κ2) is 7.14. The van der Waals surface area contributed by atoms with E-state index in [-0.39, 0.29) is 40.0 Å². The van der Waals surface area contributed by atoms with E-state index in [9.17, 15) is 9.18 Å². The molecule has 102 valence electrons. The molecule has 1 aromatic carbocycles. The zero-order valence-electron chi connectivity index (χ0n) is 9.91. The highest BCUT2D eigenvalue weighted by molar-refractivity contribution is 6.36. The van der Waals surface area contributed by atoms with E-state index in [2.05, 4.69) is 0 Å². The minimum absolute atomic E-state index is 0. The van der Waals surface area contributed by atoms with E-state index in [1.54, 1.807) is 14.0 Å². The molecular formula is C11H14Cl3FN2O. The lowest BCUT2D eigenvalue weighted by Crippen LogP contribution is -2.39. The van der Waals surface area contributed by atoms with Crippen LogP contribution in [0.15, 0.2) is 12.1 Å². The van der Waals surface area contributed by atoms with Crippen LogP contribution in [-0.4, -0.2) is 30.4 Å². The first-order valence-corrected chi connectivity index (χ1v) is 5.75. The normalized spacial score (nSPS) is 11.7. The summed E-state index contributed by atoms with van der Waals surface area (Å²) in [4.78, 5) is 13.4. The maximum Gasteiger partial charge on any atom is 0.255 e. The SMILES string of the molecule is CC(CN)N(C)C(=O)c1cc(F)c(Cl)cc1Cl.Cl. The lowest BCUT2D eigenvalue weighted by molar-refractivity contribution is 0.0748. The van der Waals surface area contributed by atoms with Crippen molar-refractivity contribution in [2.75, 3.05) is 13.6 Å². The van der Waals surface area contributed by atoms with Crippen molar-refractivity contribution in [3.63, 3.8) is 0 Å². The van der Waals surface area contributed by atoms with E-state index in [1.807, 2.05) is 0 Å². The smallest absolute Gasteiger partial charge is 0.255 e. The van der Waals surface area contributed by atoms with Gasteiger partial charge >= 0.3 is 0 Å². The maximum atomic E-state index is 13.3. The first-order valence-electron chi connectivity index (χ1n) is 5.00. The molecule has 0 fully saturated rings. The molecule has 3 nitrogen and oxygen atoms in total. The standard InChI is InChI=1S/C11H13Cl2FN2O.ClH/c1-6(5-15)16(2)11(17)7-3-10(14)9(13)4-8(7)12;/h3-4,6H,5,15H2,1-2H3;1H. The van der Waals surface area contributed by atoms with E-state index in [4.69, 9.17) is 28.9 Å². The second-order valence-corrected chi connectivity index (χ2v) is 4.56. The van der Waals surface area contributed by atoms with E-state index < -0.39 is 5.82 Å². The molecule has 0 bridgehead atoms. The molecule has 0 saturated carbocycles. The van der Waals surface area contributed by atoms with Gasteiger partial charge in [0.2, 0.25) is 0 Å². The fourth-order valence-electron chi connectivity index (χ4n) is 1.23. The maximum absolute atomic E-state index is 13.3. The Balaban J connectivity index is 0.00000289. The molecular weight excluding hydrogens is 301 g/mol. The van der Waals surface area contributed by atoms with Gasteiger partial charge in [0.05, 0.1) is 15.6 Å². The number of carbonyl (C=O) groups is 1. The summed E-state index contributed by atoms with van der Waals surface area (Å²) in [6.07, 6.45) is 0. The lowest BCUT2D eigenvalue weighted by Gasteiger charge is -2.24. The zero-order chi connectivity index (χ0) is 13.2. The second-order valence-electron chi connectivity index (χ2n) is 3.75. The molecule has 1 unspecified atom stereocenters. The molecule has 0 radical (unpaired) electrons. The molecule has 0 aliphatic carbocycles. The summed E-state index contributed by atoms with van der Waals surface area (Å²) in [5.74, 6) is -1.06. The summed E-state index contributed by atoms with van der Waals surface area (Å²) in [5, 5.41) is 0.0125. The molecule has 7 heteroatoms. The predicted molar refractivity (Wildman–Crippen MR) is 74.3 cm³/mol. The summed E-state index contributed by atoms with van der Waals surface area (Å²) in [5.41, 5.74) is 5.54. The Bertz CT molecular complexity index is 443. The molecule has 0 saturated heterocycles. The fraction of sp³-hybridized carbons (Fsp3) is 0.364. The van der Waals surface area contributed by atoms with Gasteiger partial charge < -0.3 is 10.6 Å². The molecule has 2 N–H and O–H groups in total. The molecule has 1 atom stereocenters. The van der Waals surface area contributed by atoms with E-state index in [0.717, 1.165) is 6.07 Å². The Labute approximate surface area is 121 Å². The summed E-state index contributed by atoms with van der Waals surface area (Å²) in [6, 6.07) is 2.09. The Morgan fingerprint density at radius 1 is 1.44 bits per heavy atom. The van der Waals surface area contributed by atoms with Gasteiger partial charge in [-0.2, -0.15) is 0 Å². The largest absolute Gasteiger partial charge is 0.338 e. The Hall–Kier alpha value is -0.550. The van der Waals surface area contributed by atoms with Crippen molar-refractivity contribution in [2.24, 2.45) is 5.73 Å². The van der Waals surface area contributed by atoms with Crippen molar-refractivity contribution in [1.29, 1.82) is 0 Å². The first-order chi connectivity index (χ1) is 7.88. The number of benzene rings is 1. The minimum atomic E-state index is -0.673. The van der Waals surface area contributed by atoms with Crippen LogP contribution in [0.2, 0.25) is 10.0 Å². The first kappa shape index (κ1) is 17.4. The average Bonchev–Trinajstić information content (AvgIpc) is 2.31. The minimum Gasteiger partial charge on any atom is -0.338 e. The summed E-state index contributed by atoms with van der Waals surface area (Å²) in [7, 11) is 1.59. The number of halogens is 4. The van der Waals surface area contributed by atoms with Crippen molar-refractivity contribution in [1.82, 2.24) is 4.90 Å². The molecule has 0 spiro atoms. The zero-order valence-corrected chi connectivity index (χ0v) is 12.2. The number of hydrogen-bond acceptors (Lipinski definition) is 2. The van der Waals surface area contributed by atoms with Gasteiger partial charge in [-0.25, -0.2) is 4.39 Å². The van der Waals surface area contributed by atoms with E-state index >= 15 is 0 Å². The van der Waals surface area contributed by atoms with Gasteiger partial charge in [-0.1, -0.05) is 23.2 Å². The van der Waals surface area contributed by atoms with Crippen LogP contribution in [-0.2, 0) is 0 Å². The molecule has 0 aliphatic rings. The number of rotatable bonds is 3.